The lowest BCUT2D eigenvalue weighted by molar-refractivity contribution is -0.0163. The number of benzene rings is 1. The summed E-state index contributed by atoms with van der Waals surface area (Å²) in [7, 11) is 3.11. The van der Waals surface area contributed by atoms with Gasteiger partial charge in [-0.05, 0) is 50.8 Å². The van der Waals surface area contributed by atoms with Crippen LogP contribution in [0.5, 0.6) is 11.5 Å². The minimum atomic E-state index is -0.319. The number of hydrogen-bond acceptors (Lipinski definition) is 5. The Hall–Kier alpha value is -1.75. The Labute approximate surface area is 131 Å². The first-order chi connectivity index (χ1) is 10.7. The summed E-state index contributed by atoms with van der Waals surface area (Å²) in [5.74, 6) is 0.800. The molecule has 0 bridgehead atoms. The Morgan fingerprint density at radius 2 is 1.68 bits per heavy atom. The summed E-state index contributed by atoms with van der Waals surface area (Å²) in [6, 6.07) is 5.05. The fraction of sp³-hybridized carbons (Fsp3) is 0.588. The molecule has 1 aromatic rings. The van der Waals surface area contributed by atoms with Crippen LogP contribution in [-0.2, 0) is 9.47 Å². The molecule has 0 N–H and O–H groups in total. The lowest BCUT2D eigenvalue weighted by atomic mass is 9.95. The Bertz CT molecular complexity index is 492. The van der Waals surface area contributed by atoms with Crippen molar-refractivity contribution in [3.05, 3.63) is 23.8 Å². The van der Waals surface area contributed by atoms with Gasteiger partial charge in [0.25, 0.3) is 0 Å². The maximum atomic E-state index is 12.2. The van der Waals surface area contributed by atoms with Gasteiger partial charge in [0.15, 0.2) is 11.5 Å². The van der Waals surface area contributed by atoms with Gasteiger partial charge >= 0.3 is 5.97 Å². The Balaban J connectivity index is 1.93. The minimum absolute atomic E-state index is 0.0303. The fourth-order valence-electron chi connectivity index (χ4n) is 2.74. The Morgan fingerprint density at radius 3 is 2.27 bits per heavy atom. The number of carbonyl (C=O) groups is 1. The van der Waals surface area contributed by atoms with Crippen molar-refractivity contribution in [2.24, 2.45) is 0 Å². The molecule has 1 saturated carbocycles. The van der Waals surface area contributed by atoms with Crippen LogP contribution in [0, 0.1) is 0 Å². The predicted molar refractivity (Wildman–Crippen MR) is 82.6 cm³/mol. The van der Waals surface area contributed by atoms with Crippen molar-refractivity contribution >= 4 is 5.97 Å². The molecule has 1 aliphatic rings. The fourth-order valence-corrected chi connectivity index (χ4v) is 2.74. The van der Waals surface area contributed by atoms with E-state index < -0.39 is 0 Å². The second-order valence-corrected chi connectivity index (χ2v) is 5.33. The van der Waals surface area contributed by atoms with Crippen LogP contribution in [0.3, 0.4) is 0 Å². The van der Waals surface area contributed by atoms with E-state index in [4.69, 9.17) is 18.9 Å². The molecule has 0 spiro atoms. The maximum Gasteiger partial charge on any atom is 0.338 e. The lowest BCUT2D eigenvalue weighted by Gasteiger charge is -2.28. The third kappa shape index (κ3) is 4.13. The Kier molecular flexibility index (Phi) is 6.07. The highest BCUT2D eigenvalue weighted by Gasteiger charge is 2.24. The highest BCUT2D eigenvalue weighted by atomic mass is 16.5. The molecule has 0 amide bonds. The molecule has 22 heavy (non-hydrogen) atoms. The number of methoxy groups -OCH3 is 2. The highest BCUT2D eigenvalue weighted by molar-refractivity contribution is 5.90. The molecule has 5 heteroatoms. The highest BCUT2D eigenvalue weighted by Crippen LogP contribution is 2.29. The summed E-state index contributed by atoms with van der Waals surface area (Å²) in [6.45, 7) is 2.74. The molecule has 1 fully saturated rings. The Morgan fingerprint density at radius 1 is 1.05 bits per heavy atom. The molecule has 122 valence electrons. The normalized spacial score (nSPS) is 21.2. The van der Waals surface area contributed by atoms with Crippen LogP contribution in [-0.4, -0.2) is 39.0 Å². The zero-order valence-electron chi connectivity index (χ0n) is 13.5. The molecule has 0 heterocycles. The molecule has 1 aliphatic carbocycles. The van der Waals surface area contributed by atoms with Crippen LogP contribution < -0.4 is 9.47 Å². The molecule has 0 aliphatic heterocycles. The average molecular weight is 308 g/mol. The summed E-state index contributed by atoms with van der Waals surface area (Å²) >= 11 is 0. The number of esters is 1. The van der Waals surface area contributed by atoms with E-state index in [1.165, 1.54) is 0 Å². The van der Waals surface area contributed by atoms with E-state index in [9.17, 15) is 4.79 Å². The van der Waals surface area contributed by atoms with E-state index in [2.05, 4.69) is 0 Å². The van der Waals surface area contributed by atoms with Crippen LogP contribution in [0.4, 0.5) is 0 Å². The summed E-state index contributed by atoms with van der Waals surface area (Å²) in [6.07, 6.45) is 3.86. The van der Waals surface area contributed by atoms with E-state index in [0.717, 1.165) is 32.3 Å². The van der Waals surface area contributed by atoms with Crippen LogP contribution in [0.1, 0.15) is 43.0 Å². The summed E-state index contributed by atoms with van der Waals surface area (Å²) < 4.78 is 21.6. The van der Waals surface area contributed by atoms with E-state index in [0.29, 0.717) is 23.2 Å². The van der Waals surface area contributed by atoms with Gasteiger partial charge in [0.2, 0.25) is 0 Å². The summed E-state index contributed by atoms with van der Waals surface area (Å²) in [4.78, 5) is 12.2. The zero-order valence-corrected chi connectivity index (χ0v) is 13.5. The molecule has 0 unspecified atom stereocenters. The van der Waals surface area contributed by atoms with Crippen LogP contribution >= 0.6 is 0 Å². The zero-order chi connectivity index (χ0) is 15.9. The van der Waals surface area contributed by atoms with Crippen LogP contribution in [0.25, 0.3) is 0 Å². The first-order valence-electron chi connectivity index (χ1n) is 7.72. The maximum absolute atomic E-state index is 12.2. The molecule has 0 aromatic heterocycles. The molecule has 0 radical (unpaired) electrons. The standard InChI is InChI=1S/C17H24O5/c1-4-21-13-6-8-14(9-7-13)22-17(18)12-5-10-15(19-2)16(11-12)20-3/h5,10-11,13-14H,4,6-9H2,1-3H3. The number of carbonyl (C=O) groups excluding carboxylic acids is 1. The lowest BCUT2D eigenvalue weighted by Crippen LogP contribution is -2.28. The first kappa shape index (κ1) is 16.6. The molecule has 5 nitrogen and oxygen atoms in total. The largest absolute Gasteiger partial charge is 0.493 e. The summed E-state index contributed by atoms with van der Waals surface area (Å²) in [5.41, 5.74) is 0.476. The molecule has 0 atom stereocenters. The molecule has 0 saturated heterocycles. The third-order valence-corrected chi connectivity index (χ3v) is 3.92. The SMILES string of the molecule is CCOC1CCC(OC(=O)c2ccc(OC)c(OC)c2)CC1. The average Bonchev–Trinajstić information content (AvgIpc) is 2.56. The monoisotopic (exact) mass is 308 g/mol. The summed E-state index contributed by atoms with van der Waals surface area (Å²) in [5, 5.41) is 0. The predicted octanol–water partition coefficient (Wildman–Crippen LogP) is 3.21. The van der Waals surface area contributed by atoms with Crippen molar-refractivity contribution in [3.8, 4) is 11.5 Å². The number of ether oxygens (including phenoxy) is 4. The van der Waals surface area contributed by atoms with Crippen molar-refractivity contribution in [1.82, 2.24) is 0 Å². The van der Waals surface area contributed by atoms with Crippen molar-refractivity contribution in [3.63, 3.8) is 0 Å². The van der Waals surface area contributed by atoms with Crippen molar-refractivity contribution < 1.29 is 23.7 Å². The topological polar surface area (TPSA) is 54.0 Å². The minimum Gasteiger partial charge on any atom is -0.493 e. The number of hydrogen-bond donors (Lipinski definition) is 0. The van der Waals surface area contributed by atoms with Gasteiger partial charge in [0.05, 0.1) is 25.9 Å². The van der Waals surface area contributed by atoms with Gasteiger partial charge in [0, 0.05) is 6.61 Å². The van der Waals surface area contributed by atoms with E-state index in [1.54, 1.807) is 32.4 Å². The van der Waals surface area contributed by atoms with Gasteiger partial charge in [-0.1, -0.05) is 0 Å². The van der Waals surface area contributed by atoms with Crippen molar-refractivity contribution in [2.75, 3.05) is 20.8 Å². The molecule has 2 rings (SSSR count). The quantitative estimate of drug-likeness (QED) is 0.755. The van der Waals surface area contributed by atoms with Gasteiger partial charge in [0.1, 0.15) is 6.10 Å². The smallest absolute Gasteiger partial charge is 0.338 e. The second kappa shape index (κ2) is 8.03. The van der Waals surface area contributed by atoms with Crippen LogP contribution in [0.2, 0.25) is 0 Å². The second-order valence-electron chi connectivity index (χ2n) is 5.33. The number of rotatable bonds is 6. The van der Waals surface area contributed by atoms with E-state index in [-0.39, 0.29) is 12.1 Å². The van der Waals surface area contributed by atoms with Crippen molar-refractivity contribution in [2.45, 2.75) is 44.8 Å². The van der Waals surface area contributed by atoms with Gasteiger partial charge in [-0.2, -0.15) is 0 Å². The molecular formula is C17H24O5. The molecule has 1 aromatic carbocycles. The van der Waals surface area contributed by atoms with Crippen LogP contribution in [0.15, 0.2) is 18.2 Å². The molecular weight excluding hydrogens is 284 g/mol. The first-order valence-corrected chi connectivity index (χ1v) is 7.72. The van der Waals surface area contributed by atoms with Crippen molar-refractivity contribution in [1.29, 1.82) is 0 Å². The van der Waals surface area contributed by atoms with Gasteiger partial charge in [-0.25, -0.2) is 4.79 Å². The van der Waals surface area contributed by atoms with E-state index >= 15 is 0 Å². The third-order valence-electron chi connectivity index (χ3n) is 3.92. The van der Waals surface area contributed by atoms with Gasteiger partial charge in [-0.15, -0.1) is 0 Å². The van der Waals surface area contributed by atoms with Gasteiger partial charge < -0.3 is 18.9 Å². The van der Waals surface area contributed by atoms with E-state index in [1.807, 2.05) is 6.92 Å². The van der Waals surface area contributed by atoms with Gasteiger partial charge in [-0.3, -0.25) is 0 Å².